The summed E-state index contributed by atoms with van der Waals surface area (Å²) in [4.78, 5) is 0. The molecule has 0 aromatic heterocycles. The van der Waals surface area contributed by atoms with Crippen molar-refractivity contribution in [3.05, 3.63) is 0 Å². The lowest BCUT2D eigenvalue weighted by molar-refractivity contribution is 0.163. The molecule has 5 atom stereocenters. The second-order valence-electron chi connectivity index (χ2n) is 4.68. The fourth-order valence-corrected chi connectivity index (χ4v) is 7.48. The highest BCUT2D eigenvalue weighted by atomic mass is 33.1. The third-order valence-electron chi connectivity index (χ3n) is 4.02. The highest BCUT2D eigenvalue weighted by Crippen LogP contribution is 2.58. The standard InChI is InChI=1S/C10H17NS2/c11-7-4-5-9-10-6(7)2-1-3-8(10)12-13-9/h6-10H,1-5,11H2. The quantitative estimate of drug-likeness (QED) is 0.629. The fourth-order valence-electron chi connectivity index (χ4n) is 3.36. The Kier molecular flexibility index (Phi) is 2.30. The Morgan fingerprint density at radius 2 is 1.69 bits per heavy atom. The summed E-state index contributed by atoms with van der Waals surface area (Å²) in [6.45, 7) is 0. The maximum atomic E-state index is 6.22. The van der Waals surface area contributed by atoms with E-state index in [2.05, 4.69) is 21.6 Å². The van der Waals surface area contributed by atoms with E-state index >= 15 is 0 Å². The van der Waals surface area contributed by atoms with Gasteiger partial charge in [0.05, 0.1) is 0 Å². The van der Waals surface area contributed by atoms with Gasteiger partial charge in [-0.25, -0.2) is 0 Å². The first-order chi connectivity index (χ1) is 6.36. The molecule has 0 radical (unpaired) electrons. The van der Waals surface area contributed by atoms with Crippen molar-refractivity contribution < 1.29 is 0 Å². The number of hydrogen-bond donors (Lipinski definition) is 1. The zero-order valence-corrected chi connectivity index (χ0v) is 9.45. The van der Waals surface area contributed by atoms with Crippen LogP contribution >= 0.6 is 21.6 Å². The molecule has 0 aromatic carbocycles. The maximum Gasteiger partial charge on any atom is 0.0194 e. The zero-order valence-electron chi connectivity index (χ0n) is 7.82. The molecule has 74 valence electrons. The van der Waals surface area contributed by atoms with Crippen LogP contribution in [0.5, 0.6) is 0 Å². The third-order valence-corrected chi connectivity index (χ3v) is 7.54. The van der Waals surface area contributed by atoms with Gasteiger partial charge in [-0.15, -0.1) is 0 Å². The summed E-state index contributed by atoms with van der Waals surface area (Å²) in [6.07, 6.45) is 6.98. The Balaban J connectivity index is 1.86. The molecule has 1 aliphatic heterocycles. The number of rotatable bonds is 0. The Labute approximate surface area is 88.0 Å². The van der Waals surface area contributed by atoms with Gasteiger partial charge in [-0.2, -0.15) is 0 Å². The van der Waals surface area contributed by atoms with E-state index in [0.717, 1.165) is 22.3 Å². The second kappa shape index (κ2) is 3.35. The minimum atomic E-state index is 0.531. The molecule has 2 aliphatic carbocycles. The van der Waals surface area contributed by atoms with Crippen LogP contribution in [0.25, 0.3) is 0 Å². The smallest absolute Gasteiger partial charge is 0.0194 e. The Morgan fingerprint density at radius 3 is 2.54 bits per heavy atom. The summed E-state index contributed by atoms with van der Waals surface area (Å²) in [7, 11) is 4.33. The highest BCUT2D eigenvalue weighted by Gasteiger charge is 2.48. The van der Waals surface area contributed by atoms with E-state index in [4.69, 9.17) is 5.73 Å². The minimum absolute atomic E-state index is 0.531. The van der Waals surface area contributed by atoms with Crippen LogP contribution in [0, 0.1) is 11.8 Å². The van der Waals surface area contributed by atoms with Gasteiger partial charge < -0.3 is 5.73 Å². The van der Waals surface area contributed by atoms with Gasteiger partial charge in [0.15, 0.2) is 0 Å². The van der Waals surface area contributed by atoms with E-state index in [1.807, 2.05) is 0 Å². The molecule has 2 N–H and O–H groups in total. The normalized spacial score (nSPS) is 54.7. The highest BCUT2D eigenvalue weighted by molar-refractivity contribution is 8.77. The van der Waals surface area contributed by atoms with Crippen molar-refractivity contribution >= 4 is 21.6 Å². The van der Waals surface area contributed by atoms with Crippen LogP contribution in [0.2, 0.25) is 0 Å². The molecule has 0 aromatic rings. The van der Waals surface area contributed by atoms with Gasteiger partial charge >= 0.3 is 0 Å². The van der Waals surface area contributed by atoms with Gasteiger partial charge in [-0.05, 0) is 37.5 Å². The fraction of sp³-hybridized carbons (Fsp3) is 1.00. The van der Waals surface area contributed by atoms with Crippen LogP contribution in [0.15, 0.2) is 0 Å². The third kappa shape index (κ3) is 1.35. The minimum Gasteiger partial charge on any atom is -0.327 e. The summed E-state index contributed by atoms with van der Waals surface area (Å²) in [6, 6.07) is 0.531. The van der Waals surface area contributed by atoms with Crippen LogP contribution in [0.4, 0.5) is 0 Å². The summed E-state index contributed by atoms with van der Waals surface area (Å²) >= 11 is 0. The van der Waals surface area contributed by atoms with Gasteiger partial charge in [-0.1, -0.05) is 28.0 Å². The molecular weight excluding hydrogens is 198 g/mol. The molecule has 1 nitrogen and oxygen atoms in total. The summed E-state index contributed by atoms with van der Waals surface area (Å²) < 4.78 is 0. The Morgan fingerprint density at radius 1 is 0.923 bits per heavy atom. The van der Waals surface area contributed by atoms with E-state index in [-0.39, 0.29) is 0 Å². The van der Waals surface area contributed by atoms with Crippen molar-refractivity contribution in [2.24, 2.45) is 17.6 Å². The van der Waals surface area contributed by atoms with E-state index in [1.165, 1.54) is 32.1 Å². The topological polar surface area (TPSA) is 26.0 Å². The Bertz CT molecular complexity index is 203. The summed E-state index contributed by atoms with van der Waals surface area (Å²) in [5.41, 5.74) is 6.22. The molecule has 1 heterocycles. The molecule has 3 fully saturated rings. The average molecular weight is 215 g/mol. The summed E-state index contributed by atoms with van der Waals surface area (Å²) in [5, 5.41) is 1.92. The largest absolute Gasteiger partial charge is 0.327 e. The maximum absolute atomic E-state index is 6.22. The molecule has 13 heavy (non-hydrogen) atoms. The lowest BCUT2D eigenvalue weighted by atomic mass is 9.68. The van der Waals surface area contributed by atoms with E-state index in [9.17, 15) is 0 Å². The predicted octanol–water partition coefficient (Wildman–Crippen LogP) is 2.66. The molecular formula is C10H17NS2. The first kappa shape index (κ1) is 8.93. The number of hydrogen-bond acceptors (Lipinski definition) is 3. The molecule has 0 bridgehead atoms. The second-order valence-corrected chi connectivity index (χ2v) is 7.43. The van der Waals surface area contributed by atoms with E-state index < -0.39 is 0 Å². The van der Waals surface area contributed by atoms with Crippen molar-refractivity contribution in [3.8, 4) is 0 Å². The molecule has 1 saturated heterocycles. The van der Waals surface area contributed by atoms with Crippen molar-refractivity contribution in [3.63, 3.8) is 0 Å². The molecule has 3 heteroatoms. The van der Waals surface area contributed by atoms with Gasteiger partial charge in [0.25, 0.3) is 0 Å². The average Bonchev–Trinajstić information content (AvgIpc) is 2.57. The van der Waals surface area contributed by atoms with Crippen LogP contribution in [0.3, 0.4) is 0 Å². The van der Waals surface area contributed by atoms with Crippen molar-refractivity contribution in [2.75, 3.05) is 0 Å². The predicted molar refractivity (Wildman–Crippen MR) is 60.8 cm³/mol. The van der Waals surface area contributed by atoms with E-state index in [0.29, 0.717) is 6.04 Å². The summed E-state index contributed by atoms with van der Waals surface area (Å²) in [5.74, 6) is 1.85. The first-order valence-corrected chi connectivity index (χ1v) is 7.71. The molecule has 0 amide bonds. The molecule has 3 aliphatic rings. The lowest BCUT2D eigenvalue weighted by Crippen LogP contribution is -2.47. The molecule has 2 saturated carbocycles. The van der Waals surface area contributed by atoms with Crippen molar-refractivity contribution in [1.29, 1.82) is 0 Å². The zero-order chi connectivity index (χ0) is 8.84. The van der Waals surface area contributed by atoms with Crippen LogP contribution in [-0.2, 0) is 0 Å². The van der Waals surface area contributed by atoms with Crippen LogP contribution in [0.1, 0.15) is 32.1 Å². The van der Waals surface area contributed by atoms with Gasteiger partial charge in [0.2, 0.25) is 0 Å². The molecule has 3 rings (SSSR count). The Hall–Kier alpha value is 0.660. The van der Waals surface area contributed by atoms with Crippen molar-refractivity contribution in [1.82, 2.24) is 0 Å². The van der Waals surface area contributed by atoms with Gasteiger partial charge in [0, 0.05) is 16.5 Å². The van der Waals surface area contributed by atoms with E-state index in [1.54, 1.807) is 0 Å². The van der Waals surface area contributed by atoms with Gasteiger partial charge in [0.1, 0.15) is 0 Å². The van der Waals surface area contributed by atoms with Crippen LogP contribution in [-0.4, -0.2) is 16.5 Å². The SMILES string of the molecule is NC1CCC2SSC3CCCC1C32. The van der Waals surface area contributed by atoms with Crippen molar-refractivity contribution in [2.45, 2.75) is 48.6 Å². The number of nitrogens with two attached hydrogens (primary N) is 1. The molecule has 0 spiro atoms. The molecule has 5 unspecified atom stereocenters. The first-order valence-electron chi connectivity index (χ1n) is 5.44. The van der Waals surface area contributed by atoms with Gasteiger partial charge in [-0.3, -0.25) is 0 Å². The monoisotopic (exact) mass is 215 g/mol. The van der Waals surface area contributed by atoms with Crippen LogP contribution < -0.4 is 5.73 Å². The lowest BCUT2D eigenvalue weighted by Gasteiger charge is -2.42.